The first-order valence-corrected chi connectivity index (χ1v) is 6.48. The minimum Gasteiger partial charge on any atom is -0.496 e. The Morgan fingerprint density at radius 3 is 2.71 bits per heavy atom. The Kier molecular flexibility index (Phi) is 4.42. The number of aryl methyl sites for hydroxylation is 1. The zero-order chi connectivity index (χ0) is 15.4. The molecule has 0 aliphatic carbocycles. The summed E-state index contributed by atoms with van der Waals surface area (Å²) in [6, 6.07) is 9.47. The molecule has 0 radical (unpaired) electrons. The van der Waals surface area contributed by atoms with Crippen molar-refractivity contribution in [2.24, 2.45) is 0 Å². The lowest BCUT2D eigenvalue weighted by Gasteiger charge is -2.11. The Bertz CT molecular complexity index is 671. The molecule has 2 rings (SSSR count). The Labute approximate surface area is 122 Å². The van der Waals surface area contributed by atoms with Gasteiger partial charge in [-0.15, -0.1) is 0 Å². The van der Waals surface area contributed by atoms with E-state index in [2.05, 4.69) is 5.32 Å². The number of carbonyl (C=O) groups is 1. The van der Waals surface area contributed by atoms with Crippen molar-refractivity contribution in [3.05, 3.63) is 58.9 Å². The van der Waals surface area contributed by atoms with Gasteiger partial charge in [-0.25, -0.2) is 4.39 Å². The second kappa shape index (κ2) is 6.26. The minimum absolute atomic E-state index is 0.275. The molecule has 2 aromatic rings. The number of methoxy groups -OCH3 is 1. The summed E-state index contributed by atoms with van der Waals surface area (Å²) in [5.41, 5.74) is 7.95. The number of amides is 1. The van der Waals surface area contributed by atoms with Crippen LogP contribution < -0.4 is 15.8 Å². The van der Waals surface area contributed by atoms with Crippen molar-refractivity contribution in [1.29, 1.82) is 0 Å². The lowest BCUT2D eigenvalue weighted by Crippen LogP contribution is -2.23. The molecule has 21 heavy (non-hydrogen) atoms. The molecule has 0 bridgehead atoms. The molecule has 110 valence electrons. The molecule has 0 aliphatic heterocycles. The van der Waals surface area contributed by atoms with Crippen LogP contribution in [0.2, 0.25) is 0 Å². The van der Waals surface area contributed by atoms with Crippen LogP contribution in [0.25, 0.3) is 0 Å². The number of ether oxygens (including phenoxy) is 1. The zero-order valence-electron chi connectivity index (χ0n) is 11.9. The molecule has 0 aliphatic rings. The van der Waals surface area contributed by atoms with E-state index < -0.39 is 0 Å². The second-order valence-electron chi connectivity index (χ2n) is 4.72. The highest BCUT2D eigenvalue weighted by Gasteiger charge is 2.09. The van der Waals surface area contributed by atoms with Crippen LogP contribution in [-0.4, -0.2) is 13.0 Å². The highest BCUT2D eigenvalue weighted by atomic mass is 19.1. The molecular weight excluding hydrogens is 271 g/mol. The van der Waals surface area contributed by atoms with Gasteiger partial charge in [0.05, 0.1) is 7.11 Å². The van der Waals surface area contributed by atoms with E-state index in [-0.39, 0.29) is 18.3 Å². The van der Waals surface area contributed by atoms with E-state index in [4.69, 9.17) is 10.5 Å². The van der Waals surface area contributed by atoms with E-state index >= 15 is 0 Å². The van der Waals surface area contributed by atoms with E-state index in [9.17, 15) is 9.18 Å². The molecule has 0 unspecified atom stereocenters. The molecule has 0 fully saturated rings. The topological polar surface area (TPSA) is 64.3 Å². The third-order valence-electron chi connectivity index (χ3n) is 3.16. The lowest BCUT2D eigenvalue weighted by molar-refractivity contribution is 0.0950. The monoisotopic (exact) mass is 288 g/mol. The fraction of sp³-hybridized carbons (Fsp3) is 0.188. The molecule has 0 saturated carbocycles. The van der Waals surface area contributed by atoms with Gasteiger partial charge in [0, 0.05) is 23.4 Å². The number of benzene rings is 2. The summed E-state index contributed by atoms with van der Waals surface area (Å²) in [5.74, 6) is 0.0476. The van der Waals surface area contributed by atoms with Gasteiger partial charge in [-0.3, -0.25) is 4.79 Å². The van der Waals surface area contributed by atoms with Gasteiger partial charge in [-0.1, -0.05) is 0 Å². The molecule has 0 spiro atoms. The van der Waals surface area contributed by atoms with Gasteiger partial charge in [0.2, 0.25) is 0 Å². The Morgan fingerprint density at radius 1 is 1.29 bits per heavy atom. The Hall–Kier alpha value is -2.56. The molecule has 0 heterocycles. The predicted octanol–water partition coefficient (Wildman–Crippen LogP) is 2.65. The van der Waals surface area contributed by atoms with Gasteiger partial charge >= 0.3 is 0 Å². The molecule has 4 nitrogen and oxygen atoms in total. The van der Waals surface area contributed by atoms with Gasteiger partial charge in [0.1, 0.15) is 11.6 Å². The Morgan fingerprint density at radius 2 is 2.05 bits per heavy atom. The first-order valence-electron chi connectivity index (χ1n) is 6.48. The van der Waals surface area contributed by atoms with E-state index in [1.807, 2.05) is 0 Å². The van der Waals surface area contributed by atoms with Crippen molar-refractivity contribution in [3.8, 4) is 5.75 Å². The smallest absolute Gasteiger partial charge is 0.251 e. The van der Waals surface area contributed by atoms with Gasteiger partial charge in [0.15, 0.2) is 0 Å². The fourth-order valence-electron chi connectivity index (χ4n) is 2.00. The number of carbonyl (C=O) groups excluding carboxylic acids is 1. The van der Waals surface area contributed by atoms with Crippen LogP contribution in [0.3, 0.4) is 0 Å². The summed E-state index contributed by atoms with van der Waals surface area (Å²) in [4.78, 5) is 12.1. The molecule has 0 atom stereocenters. The molecular formula is C16H17FN2O2. The number of anilines is 1. The maximum atomic E-state index is 13.2. The highest BCUT2D eigenvalue weighted by molar-refractivity contribution is 5.94. The van der Waals surface area contributed by atoms with Gasteiger partial charge in [-0.05, 0) is 48.9 Å². The van der Waals surface area contributed by atoms with Crippen LogP contribution >= 0.6 is 0 Å². The maximum absolute atomic E-state index is 13.2. The van der Waals surface area contributed by atoms with Gasteiger partial charge in [-0.2, -0.15) is 0 Å². The summed E-state index contributed by atoms with van der Waals surface area (Å²) < 4.78 is 18.4. The van der Waals surface area contributed by atoms with Crippen LogP contribution in [0.5, 0.6) is 5.75 Å². The summed E-state index contributed by atoms with van der Waals surface area (Å²) in [6.07, 6.45) is 0. The minimum atomic E-state index is -0.330. The third-order valence-corrected chi connectivity index (χ3v) is 3.16. The zero-order valence-corrected chi connectivity index (χ0v) is 11.9. The fourth-order valence-corrected chi connectivity index (χ4v) is 2.00. The van der Waals surface area contributed by atoms with Crippen LogP contribution in [0, 0.1) is 12.7 Å². The number of rotatable bonds is 4. The van der Waals surface area contributed by atoms with Crippen molar-refractivity contribution >= 4 is 11.6 Å². The van der Waals surface area contributed by atoms with Crippen LogP contribution in [0.15, 0.2) is 36.4 Å². The Balaban J connectivity index is 2.10. The average Bonchev–Trinajstić information content (AvgIpc) is 2.47. The third kappa shape index (κ3) is 3.51. The van der Waals surface area contributed by atoms with E-state index in [1.165, 1.54) is 18.2 Å². The van der Waals surface area contributed by atoms with E-state index in [0.717, 1.165) is 5.56 Å². The number of hydrogen-bond donors (Lipinski definition) is 2. The van der Waals surface area contributed by atoms with Crippen LogP contribution in [-0.2, 0) is 6.54 Å². The van der Waals surface area contributed by atoms with Gasteiger partial charge < -0.3 is 15.8 Å². The second-order valence-corrected chi connectivity index (χ2v) is 4.72. The molecule has 0 aromatic heterocycles. The lowest BCUT2D eigenvalue weighted by atomic mass is 10.1. The van der Waals surface area contributed by atoms with Crippen LogP contribution in [0.4, 0.5) is 10.1 Å². The van der Waals surface area contributed by atoms with E-state index in [1.54, 1.807) is 32.2 Å². The number of nitrogens with one attached hydrogen (secondary N) is 1. The SMILES string of the molecule is COc1ccc(N)cc1CNC(=O)c1ccc(F)c(C)c1. The van der Waals surface area contributed by atoms with Crippen molar-refractivity contribution in [1.82, 2.24) is 5.32 Å². The van der Waals surface area contributed by atoms with Crippen molar-refractivity contribution < 1.29 is 13.9 Å². The summed E-state index contributed by atoms with van der Waals surface area (Å²) >= 11 is 0. The standard InChI is InChI=1S/C16H17FN2O2/c1-10-7-11(3-5-14(10)17)16(20)19-9-12-8-13(18)4-6-15(12)21-2/h3-8H,9,18H2,1-2H3,(H,19,20). The summed E-state index contributed by atoms with van der Waals surface area (Å²) in [5, 5.41) is 2.77. The van der Waals surface area contributed by atoms with Crippen LogP contribution in [0.1, 0.15) is 21.5 Å². The van der Waals surface area contributed by atoms with Crippen molar-refractivity contribution in [3.63, 3.8) is 0 Å². The number of nitrogens with two attached hydrogens (primary N) is 1. The number of hydrogen-bond acceptors (Lipinski definition) is 3. The number of nitrogen functional groups attached to an aromatic ring is 1. The highest BCUT2D eigenvalue weighted by Crippen LogP contribution is 2.21. The van der Waals surface area contributed by atoms with E-state index in [0.29, 0.717) is 22.6 Å². The summed E-state index contributed by atoms with van der Waals surface area (Å²) in [6.45, 7) is 1.90. The molecule has 5 heteroatoms. The summed E-state index contributed by atoms with van der Waals surface area (Å²) in [7, 11) is 1.56. The van der Waals surface area contributed by atoms with Crippen molar-refractivity contribution in [2.45, 2.75) is 13.5 Å². The van der Waals surface area contributed by atoms with Crippen molar-refractivity contribution in [2.75, 3.05) is 12.8 Å². The average molecular weight is 288 g/mol. The predicted molar refractivity (Wildman–Crippen MR) is 79.7 cm³/mol. The molecule has 3 N–H and O–H groups in total. The first kappa shape index (κ1) is 14.8. The molecule has 0 saturated heterocycles. The van der Waals surface area contributed by atoms with Gasteiger partial charge in [0.25, 0.3) is 5.91 Å². The molecule has 2 aromatic carbocycles. The quantitative estimate of drug-likeness (QED) is 0.850. The molecule has 1 amide bonds. The maximum Gasteiger partial charge on any atom is 0.251 e. The first-order chi connectivity index (χ1) is 10.0. The number of halogens is 1. The largest absolute Gasteiger partial charge is 0.496 e. The normalized spacial score (nSPS) is 10.2.